The molecule has 28 heavy (non-hydrogen) atoms. The summed E-state index contributed by atoms with van der Waals surface area (Å²) in [5.74, 6) is -0.0406. The lowest BCUT2D eigenvalue weighted by atomic mass is 10.1. The lowest BCUT2D eigenvalue weighted by molar-refractivity contribution is 0.0742. The molecule has 3 N–H and O–H groups in total. The molecule has 0 fully saturated rings. The highest BCUT2D eigenvalue weighted by atomic mass is 16.2. The molecule has 142 valence electrons. The average Bonchev–Trinajstić information content (AvgIpc) is 3.13. The minimum atomic E-state index is -0.0406. The molecule has 1 amide bonds. The Morgan fingerprint density at radius 1 is 1.07 bits per heavy atom. The number of nitrogens with zero attached hydrogens (tertiary/aromatic N) is 3. The second kappa shape index (κ2) is 7.68. The van der Waals surface area contributed by atoms with Crippen LogP contribution < -0.4 is 5.73 Å². The second-order valence-electron chi connectivity index (χ2n) is 6.90. The van der Waals surface area contributed by atoms with E-state index in [-0.39, 0.29) is 5.91 Å². The first-order chi connectivity index (χ1) is 13.7. The topological polar surface area (TPSA) is 87.9 Å². The number of nitrogens with one attached hydrogen (secondary N) is 1. The van der Waals surface area contributed by atoms with Gasteiger partial charge in [0.15, 0.2) is 5.65 Å². The molecule has 0 aliphatic rings. The molecule has 0 aliphatic carbocycles. The summed E-state index contributed by atoms with van der Waals surface area (Å²) >= 11 is 0. The summed E-state index contributed by atoms with van der Waals surface area (Å²) < 4.78 is 0. The van der Waals surface area contributed by atoms with Crippen LogP contribution in [-0.4, -0.2) is 32.3 Å². The number of carbonyl (C=O) groups excluding carboxylic acids is 1. The van der Waals surface area contributed by atoms with E-state index in [0.29, 0.717) is 46.5 Å². The van der Waals surface area contributed by atoms with Gasteiger partial charge >= 0.3 is 0 Å². The zero-order chi connectivity index (χ0) is 19.5. The van der Waals surface area contributed by atoms with Crippen molar-refractivity contribution in [1.29, 1.82) is 0 Å². The quantitative estimate of drug-likeness (QED) is 0.497. The molecule has 0 radical (unpaired) electrons. The summed E-state index contributed by atoms with van der Waals surface area (Å²) in [5.41, 5.74) is 10.7. The van der Waals surface area contributed by atoms with Crippen molar-refractivity contribution in [2.75, 3.05) is 12.3 Å². The van der Waals surface area contributed by atoms with Gasteiger partial charge in [-0.05, 0) is 24.1 Å². The third-order valence-electron chi connectivity index (χ3n) is 4.85. The number of fused-ring (bicyclic) bond motifs is 2. The number of anilines is 1. The van der Waals surface area contributed by atoms with Gasteiger partial charge in [0.1, 0.15) is 11.0 Å². The summed E-state index contributed by atoms with van der Waals surface area (Å²) in [7, 11) is 0. The second-order valence-corrected chi connectivity index (χ2v) is 6.90. The molecule has 4 rings (SSSR count). The third-order valence-corrected chi connectivity index (χ3v) is 4.85. The molecule has 0 atom stereocenters. The number of aromatic amines is 1. The molecule has 6 nitrogen and oxygen atoms in total. The van der Waals surface area contributed by atoms with Crippen molar-refractivity contribution in [3.05, 3.63) is 65.9 Å². The monoisotopic (exact) mass is 373 g/mol. The van der Waals surface area contributed by atoms with Crippen molar-refractivity contribution in [1.82, 2.24) is 19.9 Å². The van der Waals surface area contributed by atoms with Crippen LogP contribution in [0.5, 0.6) is 0 Å². The molecule has 0 saturated carbocycles. The Kier molecular flexibility index (Phi) is 4.93. The fourth-order valence-corrected chi connectivity index (χ4v) is 3.33. The maximum absolute atomic E-state index is 13.3. The number of amides is 1. The van der Waals surface area contributed by atoms with Crippen molar-refractivity contribution in [3.63, 3.8) is 0 Å². The van der Waals surface area contributed by atoms with E-state index in [4.69, 9.17) is 5.73 Å². The minimum Gasteiger partial charge on any atom is -0.397 e. The molecule has 4 aromatic rings. The van der Waals surface area contributed by atoms with Crippen LogP contribution in [-0.2, 0) is 6.54 Å². The number of carbonyl (C=O) groups is 1. The molecular weight excluding hydrogens is 350 g/mol. The molecular formula is C22H23N5O. The van der Waals surface area contributed by atoms with Gasteiger partial charge in [-0.15, -0.1) is 0 Å². The number of hydrogen-bond acceptors (Lipinski definition) is 4. The Morgan fingerprint density at radius 2 is 1.89 bits per heavy atom. The lowest BCUT2D eigenvalue weighted by Gasteiger charge is -2.22. The number of H-pyrrole nitrogens is 1. The van der Waals surface area contributed by atoms with Crippen LogP contribution in [0.2, 0.25) is 0 Å². The summed E-state index contributed by atoms with van der Waals surface area (Å²) in [6, 6.07) is 15.5. The van der Waals surface area contributed by atoms with E-state index in [0.717, 1.165) is 18.4 Å². The SMILES string of the molecule is CCCCN(Cc1ccccc1)C(=O)c1c[nH]c2nc3c(N)cccc3nc12. The average molecular weight is 373 g/mol. The standard InChI is InChI=1S/C22H23N5O/c1-2-3-12-27(14-15-8-5-4-6-9-15)22(28)16-13-24-21-19(16)25-18-11-7-10-17(23)20(18)26-21/h4-11,13H,2-3,12,14,23H2,1H3,(H,24,26). The van der Waals surface area contributed by atoms with Gasteiger partial charge in [0, 0.05) is 19.3 Å². The highest BCUT2D eigenvalue weighted by molar-refractivity contribution is 6.06. The van der Waals surface area contributed by atoms with Gasteiger partial charge in [0.25, 0.3) is 5.91 Å². The van der Waals surface area contributed by atoms with Crippen LogP contribution in [0.3, 0.4) is 0 Å². The van der Waals surface area contributed by atoms with E-state index in [2.05, 4.69) is 21.9 Å². The number of para-hydroxylation sites is 1. The van der Waals surface area contributed by atoms with E-state index in [1.165, 1.54) is 0 Å². The molecule has 0 spiro atoms. The Labute approximate surface area is 163 Å². The summed E-state index contributed by atoms with van der Waals surface area (Å²) in [6.07, 6.45) is 3.67. The Balaban J connectivity index is 1.72. The van der Waals surface area contributed by atoms with E-state index in [1.807, 2.05) is 47.4 Å². The summed E-state index contributed by atoms with van der Waals surface area (Å²) in [5, 5.41) is 0. The largest absolute Gasteiger partial charge is 0.397 e. The zero-order valence-corrected chi connectivity index (χ0v) is 15.9. The predicted molar refractivity (Wildman–Crippen MR) is 112 cm³/mol. The van der Waals surface area contributed by atoms with Crippen molar-refractivity contribution in [3.8, 4) is 0 Å². The zero-order valence-electron chi connectivity index (χ0n) is 15.9. The summed E-state index contributed by atoms with van der Waals surface area (Å²) in [4.78, 5) is 27.6. The van der Waals surface area contributed by atoms with Crippen LogP contribution in [0, 0.1) is 0 Å². The first-order valence-electron chi connectivity index (χ1n) is 9.54. The molecule has 2 aromatic carbocycles. The van der Waals surface area contributed by atoms with Gasteiger partial charge in [-0.1, -0.05) is 49.7 Å². The highest BCUT2D eigenvalue weighted by Gasteiger charge is 2.21. The number of benzene rings is 2. The molecule has 0 bridgehead atoms. The van der Waals surface area contributed by atoms with E-state index >= 15 is 0 Å². The molecule has 0 aliphatic heterocycles. The van der Waals surface area contributed by atoms with Gasteiger partial charge in [-0.25, -0.2) is 9.97 Å². The molecule has 0 unspecified atom stereocenters. The number of nitrogens with two attached hydrogens (primary N) is 1. The van der Waals surface area contributed by atoms with Gasteiger partial charge < -0.3 is 15.6 Å². The smallest absolute Gasteiger partial charge is 0.257 e. The number of unbranched alkanes of at least 4 members (excludes halogenated alkanes) is 1. The molecule has 6 heteroatoms. The predicted octanol–water partition coefficient (Wildman–Crippen LogP) is 4.14. The number of rotatable bonds is 6. The fourth-order valence-electron chi connectivity index (χ4n) is 3.33. The van der Waals surface area contributed by atoms with E-state index in [9.17, 15) is 4.79 Å². The number of hydrogen-bond donors (Lipinski definition) is 2. The maximum atomic E-state index is 13.3. The van der Waals surface area contributed by atoms with Gasteiger partial charge in [0.2, 0.25) is 0 Å². The third kappa shape index (κ3) is 3.41. The van der Waals surface area contributed by atoms with Gasteiger partial charge in [-0.3, -0.25) is 4.79 Å². The molecule has 2 aromatic heterocycles. The van der Waals surface area contributed by atoms with Crippen molar-refractivity contribution in [2.45, 2.75) is 26.3 Å². The Morgan fingerprint density at radius 3 is 2.68 bits per heavy atom. The van der Waals surface area contributed by atoms with E-state index < -0.39 is 0 Å². The first kappa shape index (κ1) is 18.0. The maximum Gasteiger partial charge on any atom is 0.257 e. The lowest BCUT2D eigenvalue weighted by Crippen LogP contribution is -2.31. The molecule has 2 heterocycles. The normalized spacial score (nSPS) is 11.2. The van der Waals surface area contributed by atoms with Crippen LogP contribution in [0.1, 0.15) is 35.7 Å². The van der Waals surface area contributed by atoms with Crippen LogP contribution in [0.25, 0.3) is 22.2 Å². The van der Waals surface area contributed by atoms with Crippen LogP contribution >= 0.6 is 0 Å². The Hall–Kier alpha value is -3.41. The number of nitrogen functional groups attached to an aromatic ring is 1. The highest BCUT2D eigenvalue weighted by Crippen LogP contribution is 2.24. The fraction of sp³-hybridized carbons (Fsp3) is 0.227. The minimum absolute atomic E-state index is 0.0406. The Bertz CT molecular complexity index is 1120. The number of aromatic nitrogens is 3. The first-order valence-corrected chi connectivity index (χ1v) is 9.54. The van der Waals surface area contributed by atoms with Crippen molar-refractivity contribution in [2.24, 2.45) is 0 Å². The van der Waals surface area contributed by atoms with Crippen molar-refractivity contribution >= 4 is 33.8 Å². The van der Waals surface area contributed by atoms with Crippen LogP contribution in [0.4, 0.5) is 5.69 Å². The molecule has 0 saturated heterocycles. The summed E-state index contributed by atoms with van der Waals surface area (Å²) in [6.45, 7) is 3.39. The van der Waals surface area contributed by atoms with Crippen LogP contribution in [0.15, 0.2) is 54.7 Å². The van der Waals surface area contributed by atoms with Gasteiger partial charge in [0.05, 0.1) is 16.8 Å². The van der Waals surface area contributed by atoms with Crippen molar-refractivity contribution < 1.29 is 4.79 Å². The van der Waals surface area contributed by atoms with E-state index in [1.54, 1.807) is 12.3 Å². The van der Waals surface area contributed by atoms with Gasteiger partial charge in [-0.2, -0.15) is 0 Å².